The van der Waals surface area contributed by atoms with Crippen molar-refractivity contribution in [1.29, 1.82) is 0 Å². The van der Waals surface area contributed by atoms with Crippen LogP contribution >= 0.6 is 11.3 Å². The topological polar surface area (TPSA) is 58.5 Å². The Morgan fingerprint density at radius 2 is 2.08 bits per heavy atom. The highest BCUT2D eigenvalue weighted by Gasteiger charge is 2.14. The number of nitrogens with zero attached hydrogens (tertiary/aromatic N) is 2. The smallest absolute Gasteiger partial charge is 0.191 e. The van der Waals surface area contributed by atoms with E-state index in [4.69, 9.17) is 9.72 Å². The van der Waals surface area contributed by atoms with Gasteiger partial charge in [0.2, 0.25) is 0 Å². The van der Waals surface area contributed by atoms with Crippen LogP contribution in [-0.4, -0.2) is 43.8 Å². The third-order valence-corrected chi connectivity index (χ3v) is 5.23. The number of nitrogens with one attached hydrogen (secondary N) is 2. The number of aromatic nitrogens is 1. The molecule has 6 heteroatoms. The Hall–Kier alpha value is -1.14. The number of ether oxygens (including phenoxy) is 1. The molecule has 0 saturated heterocycles. The maximum Gasteiger partial charge on any atom is 0.191 e. The van der Waals surface area contributed by atoms with Crippen LogP contribution < -0.4 is 10.6 Å². The molecule has 136 valence electrons. The second-order valence-corrected chi connectivity index (χ2v) is 7.19. The lowest BCUT2D eigenvalue weighted by molar-refractivity contribution is 0.145. The molecule has 0 amide bonds. The van der Waals surface area contributed by atoms with Gasteiger partial charge in [-0.25, -0.2) is 4.98 Å². The number of guanidine groups is 1. The molecule has 0 atom stereocenters. The van der Waals surface area contributed by atoms with E-state index < -0.39 is 0 Å². The molecule has 1 aromatic rings. The third kappa shape index (κ3) is 6.77. The largest absolute Gasteiger partial charge is 0.382 e. The summed E-state index contributed by atoms with van der Waals surface area (Å²) in [4.78, 5) is 11.0. The SMILES string of the molecule is CCNC(=NCCCc1nc2c(s1)CCCC2)NCCCOCC. The van der Waals surface area contributed by atoms with Gasteiger partial charge < -0.3 is 15.4 Å². The van der Waals surface area contributed by atoms with Crippen LogP contribution in [-0.2, 0) is 24.0 Å². The lowest BCUT2D eigenvalue weighted by Gasteiger charge is -2.11. The molecule has 0 fully saturated rings. The molecule has 5 nitrogen and oxygen atoms in total. The first-order chi connectivity index (χ1) is 11.8. The van der Waals surface area contributed by atoms with Crippen LogP contribution in [0.15, 0.2) is 4.99 Å². The van der Waals surface area contributed by atoms with E-state index in [-0.39, 0.29) is 0 Å². The van der Waals surface area contributed by atoms with Crippen LogP contribution in [0.5, 0.6) is 0 Å². The number of aliphatic imine (C=N–C) groups is 1. The van der Waals surface area contributed by atoms with Gasteiger partial charge >= 0.3 is 0 Å². The molecule has 1 aromatic heterocycles. The predicted octanol–water partition coefficient (Wildman–Crippen LogP) is 2.94. The van der Waals surface area contributed by atoms with Gasteiger partial charge in [0, 0.05) is 44.1 Å². The molecule has 2 N–H and O–H groups in total. The van der Waals surface area contributed by atoms with Crippen molar-refractivity contribution >= 4 is 17.3 Å². The van der Waals surface area contributed by atoms with Crippen molar-refractivity contribution in [3.63, 3.8) is 0 Å². The fraction of sp³-hybridized carbons (Fsp3) is 0.778. The van der Waals surface area contributed by atoms with Gasteiger partial charge in [0.1, 0.15) is 0 Å². The molecule has 0 aliphatic heterocycles. The minimum atomic E-state index is 0.786. The number of fused-ring (bicyclic) bond motifs is 1. The molecule has 1 aliphatic rings. The summed E-state index contributed by atoms with van der Waals surface area (Å²) in [7, 11) is 0. The van der Waals surface area contributed by atoms with Gasteiger partial charge in [0.05, 0.1) is 10.7 Å². The van der Waals surface area contributed by atoms with Crippen LogP contribution in [0.3, 0.4) is 0 Å². The molecule has 1 heterocycles. The minimum Gasteiger partial charge on any atom is -0.382 e. The Bertz CT molecular complexity index is 478. The van der Waals surface area contributed by atoms with E-state index in [1.807, 2.05) is 18.3 Å². The van der Waals surface area contributed by atoms with Crippen molar-refractivity contribution in [3.8, 4) is 0 Å². The van der Waals surface area contributed by atoms with Crippen molar-refractivity contribution < 1.29 is 4.74 Å². The monoisotopic (exact) mass is 352 g/mol. The van der Waals surface area contributed by atoms with Gasteiger partial charge in [-0.1, -0.05) is 0 Å². The summed E-state index contributed by atoms with van der Waals surface area (Å²) in [5, 5.41) is 7.96. The van der Waals surface area contributed by atoms with Gasteiger partial charge in [0.25, 0.3) is 0 Å². The number of thiazole rings is 1. The van der Waals surface area contributed by atoms with Crippen LogP contribution in [0, 0.1) is 0 Å². The summed E-state index contributed by atoms with van der Waals surface area (Å²) in [6, 6.07) is 0. The quantitative estimate of drug-likeness (QED) is 0.386. The van der Waals surface area contributed by atoms with Crippen molar-refractivity contribution in [3.05, 3.63) is 15.6 Å². The summed E-state index contributed by atoms with van der Waals surface area (Å²) in [5.74, 6) is 0.910. The second-order valence-electron chi connectivity index (χ2n) is 6.03. The first-order valence-corrected chi connectivity index (χ1v) is 10.2. The molecule has 0 unspecified atom stereocenters. The lowest BCUT2D eigenvalue weighted by atomic mass is 10.0. The summed E-state index contributed by atoms with van der Waals surface area (Å²) in [6.07, 6.45) is 8.17. The number of hydrogen-bond donors (Lipinski definition) is 2. The maximum atomic E-state index is 5.35. The van der Waals surface area contributed by atoms with Crippen LogP contribution in [0.25, 0.3) is 0 Å². The van der Waals surface area contributed by atoms with E-state index >= 15 is 0 Å². The Kier molecular flexibility index (Phi) is 9.13. The molecule has 0 bridgehead atoms. The van der Waals surface area contributed by atoms with Crippen LogP contribution in [0.2, 0.25) is 0 Å². The molecule has 0 aromatic carbocycles. The first-order valence-electron chi connectivity index (χ1n) is 9.40. The summed E-state index contributed by atoms with van der Waals surface area (Å²) >= 11 is 1.92. The van der Waals surface area contributed by atoms with Crippen molar-refractivity contribution in [2.75, 3.05) is 32.8 Å². The molecule has 0 radical (unpaired) electrons. The van der Waals surface area contributed by atoms with E-state index in [1.165, 1.54) is 41.3 Å². The fourth-order valence-corrected chi connectivity index (χ4v) is 4.00. The first kappa shape index (κ1) is 19.2. The molecule has 2 rings (SSSR count). The average molecular weight is 353 g/mol. The van der Waals surface area contributed by atoms with Crippen molar-refractivity contribution in [1.82, 2.24) is 15.6 Å². The molecule has 0 spiro atoms. The summed E-state index contributed by atoms with van der Waals surface area (Å²) < 4.78 is 5.35. The van der Waals surface area contributed by atoms with Gasteiger partial charge in [-0.05, 0) is 52.4 Å². The standard InChI is InChI=1S/C18H32N4OS/c1-3-19-18(21-13-8-14-23-4-2)20-12-7-11-17-22-15-9-5-6-10-16(15)24-17/h3-14H2,1-2H3,(H2,19,20,21). The lowest BCUT2D eigenvalue weighted by Crippen LogP contribution is -2.38. The van der Waals surface area contributed by atoms with Gasteiger partial charge in [-0.3, -0.25) is 4.99 Å². The van der Waals surface area contributed by atoms with E-state index in [1.54, 1.807) is 0 Å². The molecule has 24 heavy (non-hydrogen) atoms. The van der Waals surface area contributed by atoms with E-state index in [0.29, 0.717) is 0 Å². The average Bonchev–Trinajstić information content (AvgIpc) is 3.01. The number of hydrogen-bond acceptors (Lipinski definition) is 4. The Morgan fingerprint density at radius 3 is 2.88 bits per heavy atom. The highest BCUT2D eigenvalue weighted by atomic mass is 32.1. The third-order valence-electron chi connectivity index (χ3n) is 4.01. The normalized spacial score (nSPS) is 14.5. The van der Waals surface area contributed by atoms with Gasteiger partial charge in [-0.2, -0.15) is 0 Å². The summed E-state index contributed by atoms with van der Waals surface area (Å²) in [6.45, 7) is 8.33. The molecule has 0 saturated carbocycles. The van der Waals surface area contributed by atoms with Gasteiger partial charge in [0.15, 0.2) is 5.96 Å². The van der Waals surface area contributed by atoms with Crippen molar-refractivity contribution in [2.24, 2.45) is 4.99 Å². The Balaban J connectivity index is 1.68. The zero-order valence-corrected chi connectivity index (χ0v) is 16.0. The second kappa shape index (κ2) is 11.4. The zero-order valence-electron chi connectivity index (χ0n) is 15.2. The van der Waals surface area contributed by atoms with E-state index in [2.05, 4.69) is 22.5 Å². The number of rotatable bonds is 10. The fourth-order valence-electron chi connectivity index (χ4n) is 2.80. The van der Waals surface area contributed by atoms with Gasteiger partial charge in [-0.15, -0.1) is 11.3 Å². The molecular formula is C18H32N4OS. The number of aryl methyl sites for hydroxylation is 3. The Labute approximate surface area is 150 Å². The summed E-state index contributed by atoms with van der Waals surface area (Å²) in [5.41, 5.74) is 1.37. The van der Waals surface area contributed by atoms with Crippen LogP contribution in [0.4, 0.5) is 0 Å². The maximum absolute atomic E-state index is 5.35. The highest BCUT2D eigenvalue weighted by molar-refractivity contribution is 7.11. The van der Waals surface area contributed by atoms with E-state index in [9.17, 15) is 0 Å². The highest BCUT2D eigenvalue weighted by Crippen LogP contribution is 2.27. The Morgan fingerprint density at radius 1 is 1.21 bits per heavy atom. The van der Waals surface area contributed by atoms with Crippen molar-refractivity contribution in [2.45, 2.75) is 58.8 Å². The molecule has 1 aliphatic carbocycles. The van der Waals surface area contributed by atoms with E-state index in [0.717, 1.165) is 58.1 Å². The van der Waals surface area contributed by atoms with Crippen LogP contribution in [0.1, 0.15) is 55.1 Å². The molecular weight excluding hydrogens is 320 g/mol. The zero-order chi connectivity index (χ0) is 17.0. The predicted molar refractivity (Wildman–Crippen MR) is 102 cm³/mol. The minimum absolute atomic E-state index is 0.786.